The Morgan fingerprint density at radius 2 is 2.20 bits per heavy atom. The molecule has 2 nitrogen and oxygen atoms in total. The van der Waals surface area contributed by atoms with Gasteiger partial charge in [-0.05, 0) is 36.3 Å². The molecule has 0 amide bonds. The molecule has 15 heavy (non-hydrogen) atoms. The zero-order valence-corrected chi connectivity index (χ0v) is 9.19. The monoisotopic (exact) mass is 205 g/mol. The Labute approximate surface area is 91.1 Å². The minimum atomic E-state index is -0.520. The van der Waals surface area contributed by atoms with Gasteiger partial charge in [0.05, 0.1) is 6.10 Å². The minimum absolute atomic E-state index is 0.153. The summed E-state index contributed by atoms with van der Waals surface area (Å²) < 4.78 is 0. The average Bonchev–Trinajstić information content (AvgIpc) is 3.11. The third-order valence-electron chi connectivity index (χ3n) is 3.18. The van der Waals surface area contributed by atoms with E-state index < -0.39 is 6.10 Å². The Balaban J connectivity index is 2.16. The van der Waals surface area contributed by atoms with Crippen molar-refractivity contribution < 1.29 is 5.11 Å². The van der Waals surface area contributed by atoms with E-state index in [2.05, 4.69) is 12.1 Å². The van der Waals surface area contributed by atoms with E-state index in [1.807, 2.05) is 19.1 Å². The van der Waals surface area contributed by atoms with Crippen LogP contribution in [0.15, 0.2) is 24.3 Å². The number of rotatable bonds is 4. The Hall–Kier alpha value is -0.860. The smallest absolute Gasteiger partial charge is 0.0940 e. The van der Waals surface area contributed by atoms with Gasteiger partial charge in [-0.3, -0.25) is 0 Å². The lowest BCUT2D eigenvalue weighted by molar-refractivity contribution is 0.144. The van der Waals surface area contributed by atoms with Crippen LogP contribution in [0.3, 0.4) is 0 Å². The van der Waals surface area contributed by atoms with Crippen molar-refractivity contribution in [2.45, 2.75) is 44.2 Å². The largest absolute Gasteiger partial charge is 0.387 e. The van der Waals surface area contributed by atoms with Crippen LogP contribution >= 0.6 is 0 Å². The molecule has 2 heteroatoms. The summed E-state index contributed by atoms with van der Waals surface area (Å²) in [6.07, 6.45) is 2.86. The first-order chi connectivity index (χ1) is 7.22. The van der Waals surface area contributed by atoms with Gasteiger partial charge in [0.25, 0.3) is 0 Å². The van der Waals surface area contributed by atoms with Crippen LogP contribution in [-0.4, -0.2) is 11.1 Å². The van der Waals surface area contributed by atoms with Crippen molar-refractivity contribution in [3.63, 3.8) is 0 Å². The van der Waals surface area contributed by atoms with Gasteiger partial charge in [0.2, 0.25) is 0 Å². The van der Waals surface area contributed by atoms with Gasteiger partial charge in [0.1, 0.15) is 0 Å². The van der Waals surface area contributed by atoms with Gasteiger partial charge in [0, 0.05) is 6.04 Å². The second-order valence-electron chi connectivity index (χ2n) is 4.46. The molecule has 1 aliphatic rings. The Kier molecular flexibility index (Phi) is 3.08. The minimum Gasteiger partial charge on any atom is -0.387 e. The summed E-state index contributed by atoms with van der Waals surface area (Å²) in [5, 5.41) is 9.99. The number of benzene rings is 1. The lowest BCUT2D eigenvalue weighted by atomic mass is 9.98. The molecule has 0 saturated heterocycles. The second-order valence-corrected chi connectivity index (χ2v) is 4.46. The number of aliphatic hydroxyl groups excluding tert-OH is 1. The quantitative estimate of drug-likeness (QED) is 0.792. The van der Waals surface area contributed by atoms with Gasteiger partial charge in [-0.2, -0.15) is 0 Å². The first kappa shape index (κ1) is 10.7. The normalized spacial score (nSPS) is 19.9. The van der Waals surface area contributed by atoms with Gasteiger partial charge in [0.15, 0.2) is 0 Å². The first-order valence-electron chi connectivity index (χ1n) is 5.76. The summed E-state index contributed by atoms with van der Waals surface area (Å²) >= 11 is 0. The molecule has 1 saturated carbocycles. The first-order valence-corrected chi connectivity index (χ1v) is 5.76. The number of aliphatic hydroxyl groups is 1. The van der Waals surface area contributed by atoms with Crippen molar-refractivity contribution in [2.24, 2.45) is 5.73 Å². The van der Waals surface area contributed by atoms with Crippen LogP contribution in [0.25, 0.3) is 0 Å². The van der Waals surface area contributed by atoms with Crippen molar-refractivity contribution in [1.82, 2.24) is 0 Å². The van der Waals surface area contributed by atoms with E-state index in [0.717, 1.165) is 17.9 Å². The Bertz CT molecular complexity index is 333. The molecule has 0 spiro atoms. The number of hydrogen-bond donors (Lipinski definition) is 2. The molecular weight excluding hydrogens is 186 g/mol. The van der Waals surface area contributed by atoms with Gasteiger partial charge in [-0.15, -0.1) is 0 Å². The standard InChI is InChI=1S/C13H19NO/c1-2-12(14)13(15)11-5-3-4-10(8-11)9-6-7-9/h3-5,8-9,12-13,15H,2,6-7,14H2,1H3. The zero-order valence-electron chi connectivity index (χ0n) is 9.19. The highest BCUT2D eigenvalue weighted by Gasteiger charge is 2.24. The van der Waals surface area contributed by atoms with Crippen molar-refractivity contribution in [1.29, 1.82) is 0 Å². The summed E-state index contributed by atoms with van der Waals surface area (Å²) in [4.78, 5) is 0. The van der Waals surface area contributed by atoms with E-state index in [-0.39, 0.29) is 6.04 Å². The predicted octanol–water partition coefficient (Wildman–Crippen LogP) is 2.33. The molecule has 1 fully saturated rings. The van der Waals surface area contributed by atoms with Crippen molar-refractivity contribution in [3.8, 4) is 0 Å². The Morgan fingerprint density at radius 3 is 2.80 bits per heavy atom. The van der Waals surface area contributed by atoms with Crippen molar-refractivity contribution in [3.05, 3.63) is 35.4 Å². The summed E-state index contributed by atoms with van der Waals surface area (Å²) in [7, 11) is 0. The maximum absolute atomic E-state index is 9.99. The van der Waals surface area contributed by atoms with E-state index in [1.54, 1.807) is 0 Å². The topological polar surface area (TPSA) is 46.2 Å². The summed E-state index contributed by atoms with van der Waals surface area (Å²) in [6.45, 7) is 2.00. The highest BCUT2D eigenvalue weighted by Crippen LogP contribution is 2.40. The summed E-state index contributed by atoms with van der Waals surface area (Å²) in [5.74, 6) is 0.731. The van der Waals surface area contributed by atoms with Crippen LogP contribution in [0.1, 0.15) is 49.3 Å². The van der Waals surface area contributed by atoms with Gasteiger partial charge < -0.3 is 10.8 Å². The fourth-order valence-electron chi connectivity index (χ4n) is 1.88. The summed E-state index contributed by atoms with van der Waals surface area (Å²) in [6, 6.07) is 8.09. The van der Waals surface area contributed by atoms with E-state index in [9.17, 15) is 5.11 Å². The van der Waals surface area contributed by atoms with Crippen LogP contribution in [0.5, 0.6) is 0 Å². The average molecular weight is 205 g/mol. The van der Waals surface area contributed by atoms with E-state index in [4.69, 9.17) is 5.73 Å². The maximum Gasteiger partial charge on any atom is 0.0940 e. The second kappa shape index (κ2) is 4.33. The SMILES string of the molecule is CCC(N)C(O)c1cccc(C2CC2)c1. The Morgan fingerprint density at radius 1 is 1.47 bits per heavy atom. The fraction of sp³-hybridized carbons (Fsp3) is 0.538. The molecule has 82 valence electrons. The fourth-order valence-corrected chi connectivity index (χ4v) is 1.88. The molecule has 1 aliphatic carbocycles. The van der Waals surface area contributed by atoms with E-state index in [0.29, 0.717) is 0 Å². The molecule has 3 N–H and O–H groups in total. The predicted molar refractivity (Wildman–Crippen MR) is 61.6 cm³/mol. The lowest BCUT2D eigenvalue weighted by Gasteiger charge is -2.18. The molecule has 1 aromatic carbocycles. The molecule has 2 rings (SSSR count). The molecule has 0 radical (unpaired) electrons. The lowest BCUT2D eigenvalue weighted by Crippen LogP contribution is -2.27. The van der Waals surface area contributed by atoms with Gasteiger partial charge in [-0.1, -0.05) is 31.2 Å². The molecule has 2 unspecified atom stereocenters. The number of hydrogen-bond acceptors (Lipinski definition) is 2. The van der Waals surface area contributed by atoms with Crippen LogP contribution in [0.4, 0.5) is 0 Å². The van der Waals surface area contributed by atoms with Crippen molar-refractivity contribution >= 4 is 0 Å². The van der Waals surface area contributed by atoms with Crippen LogP contribution in [0, 0.1) is 0 Å². The molecule has 0 aliphatic heterocycles. The molecule has 1 aromatic rings. The van der Waals surface area contributed by atoms with Gasteiger partial charge in [-0.25, -0.2) is 0 Å². The van der Waals surface area contributed by atoms with Crippen LogP contribution in [0.2, 0.25) is 0 Å². The van der Waals surface area contributed by atoms with Gasteiger partial charge >= 0.3 is 0 Å². The highest BCUT2D eigenvalue weighted by atomic mass is 16.3. The third-order valence-corrected chi connectivity index (χ3v) is 3.18. The summed E-state index contributed by atoms with van der Waals surface area (Å²) in [5.41, 5.74) is 8.16. The molecule has 0 heterocycles. The van der Waals surface area contributed by atoms with E-state index >= 15 is 0 Å². The zero-order chi connectivity index (χ0) is 10.8. The number of nitrogens with two attached hydrogens (primary N) is 1. The molecule has 0 aromatic heterocycles. The van der Waals surface area contributed by atoms with Crippen molar-refractivity contribution in [2.75, 3.05) is 0 Å². The molecular formula is C13H19NO. The maximum atomic E-state index is 9.99. The highest BCUT2D eigenvalue weighted by molar-refractivity contribution is 5.30. The third kappa shape index (κ3) is 2.39. The molecule has 0 bridgehead atoms. The van der Waals surface area contributed by atoms with Crippen LogP contribution < -0.4 is 5.73 Å². The van der Waals surface area contributed by atoms with Crippen LogP contribution in [-0.2, 0) is 0 Å². The molecule has 2 atom stereocenters. The van der Waals surface area contributed by atoms with E-state index in [1.165, 1.54) is 18.4 Å².